The number of pyridine rings is 4. The SMILES string of the molecule is F[P-](F)(F)(F)(F)F.O=C(O)CCCc1ccnc(-c2ccccn2)c1.[Ir].[c-]1ccccc1-c1ccccn1.[c-]1ccccc1-c1ccccn1. The average molecular weight is 888 g/mol. The predicted molar refractivity (Wildman–Crippen MR) is 179 cm³/mol. The van der Waals surface area contributed by atoms with Gasteiger partial charge in [-0.3, -0.25) is 14.8 Å². The molecule has 0 spiro atoms. The summed E-state index contributed by atoms with van der Waals surface area (Å²) in [5.41, 5.74) is 6.76. The number of benzene rings is 2. The monoisotopic (exact) mass is 888 g/mol. The van der Waals surface area contributed by atoms with Crippen molar-refractivity contribution in [3.63, 3.8) is 0 Å². The Labute approximate surface area is 298 Å². The van der Waals surface area contributed by atoms with E-state index in [0.717, 1.165) is 45.9 Å². The van der Waals surface area contributed by atoms with Crippen LogP contribution in [0.5, 0.6) is 0 Å². The first kappa shape index (κ1) is 41.3. The molecule has 265 valence electrons. The minimum absolute atomic E-state index is 0. The van der Waals surface area contributed by atoms with Crippen LogP contribution in [0.15, 0.2) is 140 Å². The van der Waals surface area contributed by atoms with E-state index in [0.29, 0.717) is 6.42 Å². The number of carbonyl (C=O) groups is 1. The maximum atomic E-state index is 10.5. The first-order valence-corrected chi connectivity index (χ1v) is 16.6. The van der Waals surface area contributed by atoms with Crippen LogP contribution in [-0.4, -0.2) is 31.0 Å². The van der Waals surface area contributed by atoms with Gasteiger partial charge in [-0.2, -0.15) is 0 Å². The fraction of sp³-hybridized carbons (Fsp3) is 0.0833. The van der Waals surface area contributed by atoms with E-state index in [1.807, 2.05) is 115 Å². The van der Waals surface area contributed by atoms with E-state index in [9.17, 15) is 30.0 Å². The summed E-state index contributed by atoms with van der Waals surface area (Å²) in [4.78, 5) is 27.4. The van der Waals surface area contributed by atoms with E-state index in [4.69, 9.17) is 5.11 Å². The number of rotatable bonds is 7. The number of hydrogen-bond acceptors (Lipinski definition) is 5. The van der Waals surface area contributed by atoms with Crippen molar-refractivity contribution in [3.8, 4) is 33.9 Å². The largest absolute Gasteiger partial charge is 0.481 e. The van der Waals surface area contributed by atoms with Gasteiger partial charge in [-0.25, -0.2) is 0 Å². The molecule has 6 aromatic rings. The van der Waals surface area contributed by atoms with Crippen LogP contribution in [0, 0.1) is 12.1 Å². The van der Waals surface area contributed by atoms with E-state index in [1.165, 1.54) is 0 Å². The van der Waals surface area contributed by atoms with Gasteiger partial charge in [0, 0.05) is 51.3 Å². The number of carboxylic acid groups (broad SMARTS) is 1. The maximum absolute atomic E-state index is 10.7. The van der Waals surface area contributed by atoms with Gasteiger partial charge < -0.3 is 15.1 Å². The molecule has 0 unspecified atom stereocenters. The van der Waals surface area contributed by atoms with E-state index in [2.05, 4.69) is 32.1 Å². The standard InChI is InChI=1S/C14H14N2O2.2C11H8N.F6P.Ir/c17-14(18)6-3-4-11-7-9-16-13(10-11)12-5-1-2-8-15-12;2*1-2-6-10(7-3-1)11-8-4-5-9-12-11;1-7(2,3,4,5)6;/h1-2,5,7-10H,3-4,6H2,(H,17,18);2*1-6,8-9H;;/q;3*-1;. The van der Waals surface area contributed by atoms with Gasteiger partial charge in [-0.05, 0) is 66.2 Å². The van der Waals surface area contributed by atoms with Crippen molar-refractivity contribution in [2.24, 2.45) is 0 Å². The van der Waals surface area contributed by atoms with Crippen molar-refractivity contribution in [1.82, 2.24) is 19.9 Å². The molecule has 0 saturated carbocycles. The molecule has 6 nitrogen and oxygen atoms in total. The van der Waals surface area contributed by atoms with E-state index < -0.39 is 13.8 Å². The third-order valence-corrected chi connectivity index (χ3v) is 5.91. The van der Waals surface area contributed by atoms with Crippen LogP contribution >= 0.6 is 7.81 Å². The van der Waals surface area contributed by atoms with Gasteiger partial charge in [0.15, 0.2) is 0 Å². The Morgan fingerprint density at radius 3 is 1.38 bits per heavy atom. The van der Waals surface area contributed by atoms with Gasteiger partial charge >= 0.3 is 39.0 Å². The minimum atomic E-state index is -10.7. The number of halogens is 6. The van der Waals surface area contributed by atoms with E-state index in [-0.39, 0.29) is 26.5 Å². The Kier molecular flexibility index (Phi) is 15.5. The summed E-state index contributed by atoms with van der Waals surface area (Å²) in [5.74, 6) is -0.756. The molecular weight excluding hydrogens is 858 g/mol. The van der Waals surface area contributed by atoms with Crippen LogP contribution in [0.4, 0.5) is 25.2 Å². The number of aromatic nitrogens is 4. The topological polar surface area (TPSA) is 88.9 Å². The number of aryl methyl sites for hydroxylation is 1. The van der Waals surface area contributed by atoms with Crippen molar-refractivity contribution in [1.29, 1.82) is 0 Å². The number of aliphatic carboxylic acids is 1. The molecule has 0 aliphatic carbocycles. The fourth-order valence-corrected chi connectivity index (χ4v) is 3.88. The molecule has 14 heteroatoms. The van der Waals surface area contributed by atoms with Crippen molar-refractivity contribution >= 4 is 13.8 Å². The minimum Gasteiger partial charge on any atom is -0.481 e. The van der Waals surface area contributed by atoms with Crippen molar-refractivity contribution in [2.45, 2.75) is 19.3 Å². The second-order valence-corrected chi connectivity index (χ2v) is 11.9. The summed E-state index contributed by atoms with van der Waals surface area (Å²) in [6.07, 6.45) is 8.62. The zero-order valence-corrected chi connectivity index (χ0v) is 29.4. The first-order chi connectivity index (χ1) is 23.1. The molecule has 6 rings (SSSR count). The zero-order valence-electron chi connectivity index (χ0n) is 26.1. The molecule has 0 aliphatic heterocycles. The molecule has 1 radical (unpaired) electrons. The van der Waals surface area contributed by atoms with Crippen LogP contribution in [0.2, 0.25) is 0 Å². The second kappa shape index (κ2) is 18.8. The smallest absolute Gasteiger partial charge is 0.303 e. The quantitative estimate of drug-likeness (QED) is 0.0976. The third kappa shape index (κ3) is 19.2. The van der Waals surface area contributed by atoms with Crippen LogP contribution in [0.3, 0.4) is 0 Å². The average Bonchev–Trinajstić information content (AvgIpc) is 3.09. The normalized spacial score (nSPS) is 11.6. The van der Waals surface area contributed by atoms with Gasteiger partial charge in [-0.15, -0.1) is 71.8 Å². The van der Waals surface area contributed by atoms with Gasteiger partial charge in [0.2, 0.25) is 0 Å². The van der Waals surface area contributed by atoms with E-state index >= 15 is 0 Å². The van der Waals surface area contributed by atoms with Crippen molar-refractivity contribution < 1.29 is 55.2 Å². The molecule has 4 aromatic heterocycles. The summed E-state index contributed by atoms with van der Waals surface area (Å²) < 4.78 is 59.2. The maximum Gasteiger partial charge on any atom is 0.303 e. The Balaban J connectivity index is 0.000000241. The van der Waals surface area contributed by atoms with E-state index in [1.54, 1.807) is 24.8 Å². The predicted octanol–water partition coefficient (Wildman–Crippen LogP) is 11.0. The zero-order chi connectivity index (χ0) is 35.7. The van der Waals surface area contributed by atoms with Crippen LogP contribution in [-0.2, 0) is 31.3 Å². The summed E-state index contributed by atoms with van der Waals surface area (Å²) in [5, 5.41) is 8.60. The number of nitrogens with zero attached hydrogens (tertiary/aromatic N) is 4. The third-order valence-electron chi connectivity index (χ3n) is 5.91. The molecular formula is C36H30F6IrN4O2P-3. The summed E-state index contributed by atoms with van der Waals surface area (Å²) in [7, 11) is -10.7. The Hall–Kier alpha value is -4.83. The number of hydrogen-bond donors (Lipinski definition) is 1. The van der Waals surface area contributed by atoms with Gasteiger partial charge in [0.25, 0.3) is 0 Å². The molecule has 4 heterocycles. The van der Waals surface area contributed by atoms with Crippen LogP contribution in [0.1, 0.15) is 18.4 Å². The molecule has 0 saturated heterocycles. The number of carboxylic acids is 1. The molecule has 0 bridgehead atoms. The van der Waals surface area contributed by atoms with Crippen molar-refractivity contribution in [3.05, 3.63) is 158 Å². The second-order valence-electron chi connectivity index (χ2n) is 9.95. The molecule has 2 aromatic carbocycles. The van der Waals surface area contributed by atoms with Crippen LogP contribution < -0.4 is 0 Å². The van der Waals surface area contributed by atoms with Gasteiger partial charge in [-0.1, -0.05) is 30.3 Å². The van der Waals surface area contributed by atoms with Gasteiger partial charge in [0.1, 0.15) is 0 Å². The van der Waals surface area contributed by atoms with Crippen LogP contribution in [0.25, 0.3) is 33.9 Å². The van der Waals surface area contributed by atoms with Gasteiger partial charge in [0.05, 0.1) is 11.4 Å². The Morgan fingerprint density at radius 2 is 1.00 bits per heavy atom. The molecule has 0 fully saturated rings. The first-order valence-electron chi connectivity index (χ1n) is 14.5. The summed E-state index contributed by atoms with van der Waals surface area (Å²) in [6.45, 7) is 0. The molecule has 50 heavy (non-hydrogen) atoms. The molecule has 0 aliphatic rings. The Bertz CT molecular complexity index is 1690. The summed E-state index contributed by atoms with van der Waals surface area (Å²) in [6, 6.07) is 43.2. The Morgan fingerprint density at radius 1 is 0.580 bits per heavy atom. The summed E-state index contributed by atoms with van der Waals surface area (Å²) >= 11 is 0. The molecule has 0 atom stereocenters. The molecule has 1 N–H and O–H groups in total. The fourth-order valence-electron chi connectivity index (χ4n) is 3.88. The molecule has 0 amide bonds. The van der Waals surface area contributed by atoms with Crippen molar-refractivity contribution in [2.75, 3.05) is 0 Å².